The SMILES string of the molecule is Cn1c(C2C(C3CC3)CCN2C(=O)Cn2cncc2-c2ccccc2)n[nH]c1=O. The summed E-state index contributed by atoms with van der Waals surface area (Å²) in [5, 5.41) is 6.80. The average molecular weight is 392 g/mol. The number of nitrogens with zero attached hydrogens (tertiary/aromatic N) is 5. The third kappa shape index (κ3) is 3.18. The van der Waals surface area contributed by atoms with Crippen LogP contribution in [0.2, 0.25) is 0 Å². The topological polar surface area (TPSA) is 88.8 Å². The van der Waals surface area contributed by atoms with Crippen LogP contribution in [-0.4, -0.2) is 41.7 Å². The van der Waals surface area contributed by atoms with Gasteiger partial charge >= 0.3 is 5.69 Å². The normalized spacial score (nSPS) is 21.6. The summed E-state index contributed by atoms with van der Waals surface area (Å²) < 4.78 is 3.43. The largest absolute Gasteiger partial charge is 0.343 e. The monoisotopic (exact) mass is 392 g/mol. The van der Waals surface area contributed by atoms with Crippen LogP contribution in [0.5, 0.6) is 0 Å². The van der Waals surface area contributed by atoms with Gasteiger partial charge in [-0.15, -0.1) is 0 Å². The molecule has 150 valence electrons. The molecular formula is C21H24N6O2. The Balaban J connectivity index is 1.43. The fraction of sp³-hybridized carbons (Fsp3) is 0.429. The van der Waals surface area contributed by atoms with E-state index < -0.39 is 0 Å². The minimum atomic E-state index is -0.241. The van der Waals surface area contributed by atoms with Crippen molar-refractivity contribution >= 4 is 5.91 Å². The van der Waals surface area contributed by atoms with E-state index in [9.17, 15) is 9.59 Å². The van der Waals surface area contributed by atoms with Crippen LogP contribution in [0.3, 0.4) is 0 Å². The second-order valence-corrected chi connectivity index (χ2v) is 8.04. The quantitative estimate of drug-likeness (QED) is 0.719. The van der Waals surface area contributed by atoms with E-state index in [4.69, 9.17) is 0 Å². The van der Waals surface area contributed by atoms with Crippen molar-refractivity contribution in [2.75, 3.05) is 6.54 Å². The first kappa shape index (κ1) is 17.9. The predicted molar refractivity (Wildman–Crippen MR) is 107 cm³/mol. The van der Waals surface area contributed by atoms with Gasteiger partial charge in [0.05, 0.1) is 24.3 Å². The number of likely N-dealkylation sites (tertiary alicyclic amines) is 1. The maximum atomic E-state index is 13.3. The molecule has 1 aromatic carbocycles. The van der Waals surface area contributed by atoms with Gasteiger partial charge in [-0.05, 0) is 36.7 Å². The number of carbonyl (C=O) groups excluding carboxylic acids is 1. The number of hydrogen-bond donors (Lipinski definition) is 1. The first-order chi connectivity index (χ1) is 14.1. The lowest BCUT2D eigenvalue weighted by molar-refractivity contribution is -0.133. The van der Waals surface area contributed by atoms with Crippen LogP contribution < -0.4 is 5.69 Å². The van der Waals surface area contributed by atoms with Crippen LogP contribution in [-0.2, 0) is 18.4 Å². The Morgan fingerprint density at radius 3 is 2.69 bits per heavy atom. The Kier molecular flexibility index (Phi) is 4.34. The molecule has 3 aromatic rings. The van der Waals surface area contributed by atoms with Crippen LogP contribution in [0.15, 0.2) is 47.7 Å². The summed E-state index contributed by atoms with van der Waals surface area (Å²) >= 11 is 0. The third-order valence-corrected chi connectivity index (χ3v) is 6.26. The number of H-pyrrole nitrogens is 1. The van der Waals surface area contributed by atoms with Crippen LogP contribution in [0, 0.1) is 11.8 Å². The highest BCUT2D eigenvalue weighted by Crippen LogP contribution is 2.49. The predicted octanol–water partition coefficient (Wildman–Crippen LogP) is 1.97. The van der Waals surface area contributed by atoms with E-state index in [0.29, 0.717) is 24.2 Å². The fourth-order valence-electron chi connectivity index (χ4n) is 4.60. The molecule has 1 aliphatic heterocycles. The summed E-state index contributed by atoms with van der Waals surface area (Å²) in [6.45, 7) is 0.914. The lowest BCUT2D eigenvalue weighted by Gasteiger charge is -2.27. The van der Waals surface area contributed by atoms with Crippen LogP contribution >= 0.6 is 0 Å². The van der Waals surface area contributed by atoms with Crippen molar-refractivity contribution in [2.24, 2.45) is 18.9 Å². The van der Waals surface area contributed by atoms with Gasteiger partial charge in [0.15, 0.2) is 5.82 Å². The van der Waals surface area contributed by atoms with Crippen molar-refractivity contribution in [3.8, 4) is 11.3 Å². The highest BCUT2D eigenvalue weighted by molar-refractivity contribution is 5.77. The van der Waals surface area contributed by atoms with E-state index in [-0.39, 0.29) is 24.2 Å². The molecule has 8 nitrogen and oxygen atoms in total. The molecule has 3 heterocycles. The number of hydrogen-bond acceptors (Lipinski definition) is 4. The summed E-state index contributed by atoms with van der Waals surface area (Å²) in [6.07, 6.45) is 6.84. The smallest absolute Gasteiger partial charge is 0.331 e. The van der Waals surface area contributed by atoms with E-state index in [2.05, 4.69) is 15.2 Å². The van der Waals surface area contributed by atoms with Crippen molar-refractivity contribution in [2.45, 2.75) is 31.8 Å². The Labute approximate surface area is 168 Å². The van der Waals surface area contributed by atoms with E-state index >= 15 is 0 Å². The zero-order valence-electron chi connectivity index (χ0n) is 16.4. The molecule has 1 N–H and O–H groups in total. The molecule has 0 bridgehead atoms. The molecule has 0 spiro atoms. The fourth-order valence-corrected chi connectivity index (χ4v) is 4.60. The summed E-state index contributed by atoms with van der Waals surface area (Å²) in [7, 11) is 1.72. The molecule has 8 heteroatoms. The van der Waals surface area contributed by atoms with Gasteiger partial charge in [0.25, 0.3) is 0 Å². The molecule has 0 radical (unpaired) electrons. The molecule has 2 unspecified atom stereocenters. The number of carbonyl (C=O) groups is 1. The van der Waals surface area contributed by atoms with Gasteiger partial charge in [-0.2, -0.15) is 5.10 Å². The van der Waals surface area contributed by atoms with Gasteiger partial charge in [-0.25, -0.2) is 14.9 Å². The maximum absolute atomic E-state index is 13.3. The van der Waals surface area contributed by atoms with Crippen molar-refractivity contribution in [3.05, 3.63) is 59.2 Å². The molecule has 2 aliphatic rings. The van der Waals surface area contributed by atoms with Gasteiger partial charge in [0.2, 0.25) is 5.91 Å². The number of amides is 1. The molecule has 2 aromatic heterocycles. The first-order valence-corrected chi connectivity index (χ1v) is 10.1. The van der Waals surface area contributed by atoms with Crippen LogP contribution in [0.25, 0.3) is 11.3 Å². The van der Waals surface area contributed by atoms with Gasteiger partial charge in [-0.1, -0.05) is 30.3 Å². The van der Waals surface area contributed by atoms with Crippen molar-refractivity contribution < 1.29 is 4.79 Å². The number of benzene rings is 1. The summed E-state index contributed by atoms with van der Waals surface area (Å²) in [5.74, 6) is 1.68. The molecule has 1 saturated carbocycles. The van der Waals surface area contributed by atoms with Crippen LogP contribution in [0.4, 0.5) is 0 Å². The third-order valence-electron chi connectivity index (χ3n) is 6.26. The van der Waals surface area contributed by atoms with E-state index in [0.717, 1.165) is 17.7 Å². The maximum Gasteiger partial charge on any atom is 0.343 e. The lowest BCUT2D eigenvalue weighted by Crippen LogP contribution is -2.36. The zero-order chi connectivity index (χ0) is 20.0. The molecule has 1 aliphatic carbocycles. The van der Waals surface area contributed by atoms with Gasteiger partial charge < -0.3 is 9.47 Å². The highest BCUT2D eigenvalue weighted by Gasteiger charge is 2.47. The van der Waals surface area contributed by atoms with Crippen molar-refractivity contribution in [1.29, 1.82) is 0 Å². The van der Waals surface area contributed by atoms with Gasteiger partial charge in [0.1, 0.15) is 6.54 Å². The average Bonchev–Trinajstić information content (AvgIpc) is 3.16. The molecule has 29 heavy (non-hydrogen) atoms. The van der Waals surface area contributed by atoms with Gasteiger partial charge in [0, 0.05) is 13.6 Å². The minimum Gasteiger partial charge on any atom is -0.331 e. The number of rotatable bonds is 5. The number of nitrogens with one attached hydrogen (secondary N) is 1. The van der Waals surface area contributed by atoms with Gasteiger partial charge in [-0.3, -0.25) is 9.36 Å². The van der Waals surface area contributed by atoms with E-state index in [1.807, 2.05) is 39.8 Å². The Morgan fingerprint density at radius 1 is 1.21 bits per heavy atom. The Bertz CT molecular complexity index is 1080. The highest BCUT2D eigenvalue weighted by atomic mass is 16.2. The second kappa shape index (κ2) is 7.02. The molecule has 1 saturated heterocycles. The summed E-state index contributed by atoms with van der Waals surface area (Å²) in [5.41, 5.74) is 1.71. The van der Waals surface area contributed by atoms with Crippen molar-refractivity contribution in [3.63, 3.8) is 0 Å². The number of aromatic amines is 1. The Hall–Kier alpha value is -3.16. The second-order valence-electron chi connectivity index (χ2n) is 8.04. The summed E-state index contributed by atoms with van der Waals surface area (Å²) in [6, 6.07) is 9.80. The molecule has 2 atom stereocenters. The lowest BCUT2D eigenvalue weighted by atomic mass is 9.94. The molecule has 1 amide bonds. The standard InChI is InChI=1S/C21H24N6O2/c1-25-20(23-24-21(25)29)19-16(14-7-8-14)9-10-27(19)18(28)12-26-13-22-11-17(26)15-5-3-2-4-6-15/h2-6,11,13-14,16,19H,7-10,12H2,1H3,(H,24,29). The van der Waals surface area contributed by atoms with Crippen LogP contribution in [0.1, 0.15) is 31.1 Å². The number of imidazole rings is 1. The molecule has 2 fully saturated rings. The van der Waals surface area contributed by atoms with Crippen molar-refractivity contribution in [1.82, 2.24) is 29.2 Å². The first-order valence-electron chi connectivity index (χ1n) is 10.1. The van der Waals surface area contributed by atoms with E-state index in [1.165, 1.54) is 17.4 Å². The molecule has 5 rings (SSSR count). The Morgan fingerprint density at radius 2 is 2.00 bits per heavy atom. The number of aromatic nitrogens is 5. The summed E-state index contributed by atoms with van der Waals surface area (Å²) in [4.78, 5) is 31.5. The van der Waals surface area contributed by atoms with E-state index in [1.54, 1.807) is 19.6 Å². The minimum absolute atomic E-state index is 0.0313. The molecular weight excluding hydrogens is 368 g/mol. The zero-order valence-corrected chi connectivity index (χ0v) is 16.4.